The molecule has 0 spiro atoms. The first kappa shape index (κ1) is 15.8. The van der Waals surface area contributed by atoms with E-state index >= 15 is 0 Å². The zero-order chi connectivity index (χ0) is 17.4. The summed E-state index contributed by atoms with van der Waals surface area (Å²) in [6.45, 7) is 3.24. The van der Waals surface area contributed by atoms with Gasteiger partial charge in [0.1, 0.15) is 12.1 Å². The number of carbonyl (C=O) groups is 2. The number of anilines is 1. The molecule has 2 aromatic heterocycles. The van der Waals surface area contributed by atoms with Crippen molar-refractivity contribution in [1.82, 2.24) is 30.0 Å². The van der Waals surface area contributed by atoms with Gasteiger partial charge in [-0.05, 0) is 6.42 Å². The van der Waals surface area contributed by atoms with Gasteiger partial charge in [-0.15, -0.1) is 0 Å². The Morgan fingerprint density at radius 2 is 2.04 bits per heavy atom. The van der Waals surface area contributed by atoms with Gasteiger partial charge in [-0.25, -0.2) is 9.97 Å². The molecule has 0 radical (unpaired) electrons. The van der Waals surface area contributed by atoms with Crippen LogP contribution in [0.2, 0.25) is 0 Å². The van der Waals surface area contributed by atoms with E-state index in [1.165, 1.54) is 0 Å². The molecule has 2 saturated heterocycles. The topological polar surface area (TPSA) is 96.2 Å². The number of amides is 2. The predicted molar refractivity (Wildman–Crippen MR) is 90.8 cm³/mol. The number of aryl methyl sites for hydroxylation is 1. The Morgan fingerprint density at radius 3 is 2.76 bits per heavy atom. The van der Waals surface area contributed by atoms with Crippen LogP contribution in [-0.4, -0.2) is 69.2 Å². The van der Waals surface area contributed by atoms with Gasteiger partial charge in [0.05, 0.1) is 17.5 Å². The molecule has 2 aromatic rings. The molecule has 2 amide bonds. The van der Waals surface area contributed by atoms with Gasteiger partial charge in [0, 0.05) is 46.2 Å². The number of hydrogen-bond donors (Lipinski definition) is 1. The fourth-order valence-electron chi connectivity index (χ4n) is 3.54. The van der Waals surface area contributed by atoms with E-state index in [1.807, 2.05) is 11.9 Å². The second-order valence-corrected chi connectivity index (χ2v) is 6.55. The lowest BCUT2D eigenvalue weighted by atomic mass is 9.97. The Labute approximate surface area is 145 Å². The molecule has 0 aliphatic carbocycles. The third kappa shape index (κ3) is 2.90. The van der Waals surface area contributed by atoms with Crippen LogP contribution in [0.25, 0.3) is 11.0 Å². The number of aromatic nitrogens is 4. The molecule has 0 aromatic carbocycles. The van der Waals surface area contributed by atoms with E-state index in [0.717, 1.165) is 29.9 Å². The maximum Gasteiger partial charge on any atom is 0.227 e. The Hall–Kier alpha value is -2.71. The highest BCUT2D eigenvalue weighted by Crippen LogP contribution is 2.24. The molecule has 1 atom stereocenters. The SMILES string of the molecule is Cn1ncc2c(N3CCN(C(=O)[C@@H]4CCC(=O)NC4)CC3)ncnc21. The second-order valence-electron chi connectivity index (χ2n) is 6.55. The van der Waals surface area contributed by atoms with Crippen LogP contribution in [0.4, 0.5) is 5.82 Å². The molecular formula is C16H21N7O2. The van der Waals surface area contributed by atoms with Gasteiger partial charge in [-0.1, -0.05) is 0 Å². The maximum absolute atomic E-state index is 12.6. The highest BCUT2D eigenvalue weighted by Gasteiger charge is 2.30. The average molecular weight is 343 g/mol. The molecule has 4 heterocycles. The lowest BCUT2D eigenvalue weighted by Gasteiger charge is -2.37. The zero-order valence-corrected chi connectivity index (χ0v) is 14.2. The molecule has 4 rings (SSSR count). The summed E-state index contributed by atoms with van der Waals surface area (Å²) in [7, 11) is 1.86. The van der Waals surface area contributed by atoms with Crippen LogP contribution in [0, 0.1) is 5.92 Å². The van der Waals surface area contributed by atoms with Crippen molar-refractivity contribution in [2.45, 2.75) is 12.8 Å². The van der Waals surface area contributed by atoms with Crippen molar-refractivity contribution >= 4 is 28.7 Å². The lowest BCUT2D eigenvalue weighted by Crippen LogP contribution is -2.52. The zero-order valence-electron chi connectivity index (χ0n) is 14.2. The summed E-state index contributed by atoms with van der Waals surface area (Å²) in [5.41, 5.74) is 0.807. The Kier molecular flexibility index (Phi) is 3.98. The molecule has 0 bridgehead atoms. The number of fused-ring (bicyclic) bond motifs is 1. The van der Waals surface area contributed by atoms with Crippen molar-refractivity contribution in [2.24, 2.45) is 13.0 Å². The molecule has 132 valence electrons. The van der Waals surface area contributed by atoms with Crippen molar-refractivity contribution in [2.75, 3.05) is 37.6 Å². The van der Waals surface area contributed by atoms with E-state index in [9.17, 15) is 9.59 Å². The van der Waals surface area contributed by atoms with Crippen LogP contribution in [0.15, 0.2) is 12.5 Å². The van der Waals surface area contributed by atoms with E-state index in [0.29, 0.717) is 32.5 Å². The number of nitrogens with zero attached hydrogens (tertiary/aromatic N) is 6. The largest absolute Gasteiger partial charge is 0.355 e. The third-order valence-corrected chi connectivity index (χ3v) is 5.01. The molecule has 9 heteroatoms. The van der Waals surface area contributed by atoms with Crippen LogP contribution < -0.4 is 10.2 Å². The molecule has 2 fully saturated rings. The summed E-state index contributed by atoms with van der Waals surface area (Å²) in [5, 5.41) is 7.97. The summed E-state index contributed by atoms with van der Waals surface area (Å²) in [6.07, 6.45) is 4.43. The summed E-state index contributed by atoms with van der Waals surface area (Å²) in [5.74, 6) is 0.968. The number of piperazine rings is 1. The quantitative estimate of drug-likeness (QED) is 0.793. The van der Waals surface area contributed by atoms with Gasteiger partial charge in [-0.3, -0.25) is 14.3 Å². The van der Waals surface area contributed by atoms with Crippen LogP contribution in [-0.2, 0) is 16.6 Å². The molecule has 9 nitrogen and oxygen atoms in total. The minimum atomic E-state index is -0.0895. The Balaban J connectivity index is 1.42. The molecule has 2 aliphatic heterocycles. The fourth-order valence-corrected chi connectivity index (χ4v) is 3.54. The molecule has 2 aliphatic rings. The van der Waals surface area contributed by atoms with E-state index < -0.39 is 0 Å². The molecular weight excluding hydrogens is 322 g/mol. The third-order valence-electron chi connectivity index (χ3n) is 5.01. The second kappa shape index (κ2) is 6.30. The first-order chi connectivity index (χ1) is 12.1. The highest BCUT2D eigenvalue weighted by atomic mass is 16.2. The Morgan fingerprint density at radius 1 is 1.24 bits per heavy atom. The summed E-state index contributed by atoms with van der Waals surface area (Å²) in [4.78, 5) is 36.7. The van der Waals surface area contributed by atoms with E-state index in [4.69, 9.17) is 0 Å². The van der Waals surface area contributed by atoms with Crippen molar-refractivity contribution in [3.63, 3.8) is 0 Å². The van der Waals surface area contributed by atoms with Crippen molar-refractivity contribution in [3.05, 3.63) is 12.5 Å². The smallest absolute Gasteiger partial charge is 0.227 e. The van der Waals surface area contributed by atoms with Crippen molar-refractivity contribution in [3.8, 4) is 0 Å². The summed E-state index contributed by atoms with van der Waals surface area (Å²) < 4.78 is 1.73. The van der Waals surface area contributed by atoms with E-state index in [1.54, 1.807) is 17.2 Å². The van der Waals surface area contributed by atoms with Gasteiger partial charge < -0.3 is 15.1 Å². The van der Waals surface area contributed by atoms with Gasteiger partial charge in [-0.2, -0.15) is 5.10 Å². The predicted octanol–water partition coefficient (Wildman–Crippen LogP) is -0.462. The van der Waals surface area contributed by atoms with Crippen LogP contribution >= 0.6 is 0 Å². The number of nitrogens with one attached hydrogen (secondary N) is 1. The van der Waals surface area contributed by atoms with E-state index in [-0.39, 0.29) is 17.7 Å². The summed E-state index contributed by atoms with van der Waals surface area (Å²) >= 11 is 0. The van der Waals surface area contributed by atoms with Gasteiger partial charge in [0.2, 0.25) is 11.8 Å². The maximum atomic E-state index is 12.6. The number of rotatable bonds is 2. The van der Waals surface area contributed by atoms with Gasteiger partial charge in [0.15, 0.2) is 5.65 Å². The van der Waals surface area contributed by atoms with E-state index in [2.05, 4.69) is 25.3 Å². The van der Waals surface area contributed by atoms with Gasteiger partial charge in [0.25, 0.3) is 0 Å². The molecule has 0 saturated carbocycles. The average Bonchev–Trinajstić information content (AvgIpc) is 3.03. The highest BCUT2D eigenvalue weighted by molar-refractivity contribution is 5.87. The number of piperidine rings is 1. The Bertz CT molecular complexity index is 800. The lowest BCUT2D eigenvalue weighted by molar-refractivity contribution is -0.137. The molecule has 1 N–H and O–H groups in total. The van der Waals surface area contributed by atoms with Crippen LogP contribution in [0.3, 0.4) is 0 Å². The van der Waals surface area contributed by atoms with Crippen LogP contribution in [0.5, 0.6) is 0 Å². The standard InChI is InChI=1S/C16H21N7O2/c1-21-14-12(9-20-21)15(19-10-18-14)22-4-6-23(7-5-22)16(25)11-2-3-13(24)17-8-11/h9-11H,2-8H2,1H3,(H,17,24)/t11-/m1/s1. The summed E-state index contributed by atoms with van der Waals surface area (Å²) in [6, 6.07) is 0. The minimum Gasteiger partial charge on any atom is -0.355 e. The first-order valence-corrected chi connectivity index (χ1v) is 8.56. The van der Waals surface area contributed by atoms with Crippen molar-refractivity contribution < 1.29 is 9.59 Å². The number of hydrogen-bond acceptors (Lipinski definition) is 6. The molecule has 0 unspecified atom stereocenters. The first-order valence-electron chi connectivity index (χ1n) is 8.56. The monoisotopic (exact) mass is 343 g/mol. The van der Waals surface area contributed by atoms with Crippen molar-refractivity contribution in [1.29, 1.82) is 0 Å². The normalized spacial score (nSPS) is 21.5. The number of carbonyl (C=O) groups excluding carboxylic acids is 2. The fraction of sp³-hybridized carbons (Fsp3) is 0.562. The van der Waals surface area contributed by atoms with Crippen LogP contribution in [0.1, 0.15) is 12.8 Å². The minimum absolute atomic E-state index is 0.0399. The molecule has 25 heavy (non-hydrogen) atoms. The van der Waals surface area contributed by atoms with Gasteiger partial charge >= 0.3 is 0 Å².